The maximum atomic E-state index is 12.3. The molecule has 1 heterocycles. The maximum absolute atomic E-state index is 12.3. The van der Waals surface area contributed by atoms with E-state index >= 15 is 0 Å². The molecule has 7 heteroatoms. The number of aliphatic hydroxyl groups is 1. The summed E-state index contributed by atoms with van der Waals surface area (Å²) in [6, 6.07) is 7.91. The lowest BCUT2D eigenvalue weighted by molar-refractivity contribution is -0.130. The van der Waals surface area contributed by atoms with Gasteiger partial charge in [0.15, 0.2) is 0 Å². The highest BCUT2D eigenvalue weighted by atomic mass is 16.5. The number of aryl methyl sites for hydroxylation is 1. The number of benzene rings is 1. The van der Waals surface area contributed by atoms with Crippen molar-refractivity contribution in [3.8, 4) is 11.4 Å². The molecule has 1 aliphatic rings. The molecule has 0 spiro atoms. The molecule has 2 aromatic rings. The van der Waals surface area contributed by atoms with E-state index in [4.69, 9.17) is 9.26 Å². The predicted octanol–water partition coefficient (Wildman–Crippen LogP) is 1.88. The van der Waals surface area contributed by atoms with Crippen LogP contribution in [0, 0.1) is 12.8 Å². The van der Waals surface area contributed by atoms with E-state index in [0.717, 1.165) is 5.56 Å². The first kappa shape index (κ1) is 18.5. The Labute approximate surface area is 152 Å². The number of hydrogen-bond acceptors (Lipinski definition) is 6. The molecule has 1 aromatic carbocycles. The molecule has 0 aliphatic heterocycles. The van der Waals surface area contributed by atoms with Gasteiger partial charge in [0.2, 0.25) is 17.6 Å². The number of carbonyl (C=O) groups is 1. The van der Waals surface area contributed by atoms with E-state index in [1.54, 1.807) is 7.11 Å². The lowest BCUT2D eigenvalue weighted by Crippen LogP contribution is -2.41. The molecule has 3 atom stereocenters. The molecular weight excluding hydrogens is 334 g/mol. The summed E-state index contributed by atoms with van der Waals surface area (Å²) < 4.78 is 10.5. The number of nitrogens with zero attached hydrogens (tertiary/aromatic N) is 2. The van der Waals surface area contributed by atoms with Crippen LogP contribution in [0.25, 0.3) is 11.4 Å². The SMILES string of the molecule is CO[C@@H]1C[C@H](C(=O)NCCc2nc(-c3ccc(C)cc3)no2)CC[C@@H]1O. The molecule has 140 valence electrons. The molecule has 7 nitrogen and oxygen atoms in total. The number of amides is 1. The van der Waals surface area contributed by atoms with Crippen molar-refractivity contribution in [2.45, 2.75) is 44.8 Å². The summed E-state index contributed by atoms with van der Waals surface area (Å²) >= 11 is 0. The van der Waals surface area contributed by atoms with Gasteiger partial charge in [0, 0.05) is 31.6 Å². The van der Waals surface area contributed by atoms with Crippen molar-refractivity contribution >= 4 is 5.91 Å². The molecule has 0 saturated heterocycles. The Balaban J connectivity index is 1.48. The molecule has 3 rings (SSSR count). The Morgan fingerprint density at radius 3 is 2.85 bits per heavy atom. The van der Waals surface area contributed by atoms with Crippen LogP contribution < -0.4 is 5.32 Å². The first-order valence-corrected chi connectivity index (χ1v) is 8.95. The number of nitrogens with one attached hydrogen (secondary N) is 1. The standard InChI is InChI=1S/C19H25N3O4/c1-12-3-5-13(6-4-12)18-21-17(26-22-18)9-10-20-19(24)14-7-8-15(23)16(11-14)25-2/h3-6,14-16,23H,7-11H2,1-2H3,(H,20,24)/t14-,15+,16-/m1/s1. The second-order valence-electron chi connectivity index (χ2n) is 6.77. The van der Waals surface area contributed by atoms with Crippen molar-refractivity contribution in [3.63, 3.8) is 0 Å². The van der Waals surface area contributed by atoms with E-state index < -0.39 is 6.10 Å². The summed E-state index contributed by atoms with van der Waals surface area (Å²) in [5.74, 6) is 0.900. The highest BCUT2D eigenvalue weighted by Crippen LogP contribution is 2.26. The third-order valence-electron chi connectivity index (χ3n) is 4.85. The van der Waals surface area contributed by atoms with Crippen LogP contribution in [0.15, 0.2) is 28.8 Å². The quantitative estimate of drug-likeness (QED) is 0.817. The maximum Gasteiger partial charge on any atom is 0.228 e. The minimum absolute atomic E-state index is 0.0165. The van der Waals surface area contributed by atoms with Crippen LogP contribution in [0.2, 0.25) is 0 Å². The highest BCUT2D eigenvalue weighted by molar-refractivity contribution is 5.78. The van der Waals surface area contributed by atoms with E-state index in [1.807, 2.05) is 31.2 Å². The van der Waals surface area contributed by atoms with E-state index in [0.29, 0.717) is 43.9 Å². The summed E-state index contributed by atoms with van der Waals surface area (Å²) in [5, 5.41) is 16.7. The van der Waals surface area contributed by atoms with Crippen LogP contribution in [0.1, 0.15) is 30.7 Å². The molecule has 1 aliphatic carbocycles. The Kier molecular flexibility index (Phi) is 6.00. The number of carbonyl (C=O) groups excluding carboxylic acids is 1. The molecule has 1 fully saturated rings. The lowest BCUT2D eigenvalue weighted by atomic mass is 9.84. The van der Waals surface area contributed by atoms with Crippen molar-refractivity contribution in [1.29, 1.82) is 0 Å². The fourth-order valence-electron chi connectivity index (χ4n) is 3.22. The van der Waals surface area contributed by atoms with Crippen LogP contribution in [-0.2, 0) is 16.0 Å². The number of aromatic nitrogens is 2. The van der Waals surface area contributed by atoms with Gasteiger partial charge < -0.3 is 19.7 Å². The van der Waals surface area contributed by atoms with Crippen molar-refractivity contribution in [2.24, 2.45) is 5.92 Å². The van der Waals surface area contributed by atoms with Crippen LogP contribution in [0.5, 0.6) is 0 Å². The molecule has 1 aromatic heterocycles. The van der Waals surface area contributed by atoms with Crippen molar-refractivity contribution < 1.29 is 19.2 Å². The highest BCUT2D eigenvalue weighted by Gasteiger charge is 2.32. The second-order valence-corrected chi connectivity index (χ2v) is 6.77. The second kappa shape index (κ2) is 8.42. The third-order valence-corrected chi connectivity index (χ3v) is 4.85. The van der Waals surface area contributed by atoms with Crippen molar-refractivity contribution in [3.05, 3.63) is 35.7 Å². The van der Waals surface area contributed by atoms with Gasteiger partial charge in [-0.25, -0.2) is 0 Å². The molecule has 0 unspecified atom stereocenters. The van der Waals surface area contributed by atoms with Gasteiger partial charge in [0.25, 0.3) is 0 Å². The number of ether oxygens (including phenoxy) is 1. The molecule has 2 N–H and O–H groups in total. The van der Waals surface area contributed by atoms with Crippen molar-refractivity contribution in [2.75, 3.05) is 13.7 Å². The Morgan fingerprint density at radius 2 is 2.12 bits per heavy atom. The van der Waals surface area contributed by atoms with Gasteiger partial charge in [-0.05, 0) is 26.2 Å². The number of hydrogen-bond donors (Lipinski definition) is 2. The molecule has 0 bridgehead atoms. The van der Waals surface area contributed by atoms with E-state index in [9.17, 15) is 9.90 Å². The zero-order valence-corrected chi connectivity index (χ0v) is 15.1. The molecule has 1 amide bonds. The predicted molar refractivity (Wildman–Crippen MR) is 95.3 cm³/mol. The fraction of sp³-hybridized carbons (Fsp3) is 0.526. The summed E-state index contributed by atoms with van der Waals surface area (Å²) in [5.41, 5.74) is 2.08. The van der Waals surface area contributed by atoms with Crippen LogP contribution >= 0.6 is 0 Å². The van der Waals surface area contributed by atoms with Gasteiger partial charge in [-0.2, -0.15) is 4.98 Å². The van der Waals surface area contributed by atoms with E-state index in [2.05, 4.69) is 15.5 Å². The normalized spacial score (nSPS) is 23.0. The Morgan fingerprint density at radius 1 is 1.35 bits per heavy atom. The number of rotatable bonds is 6. The molecule has 1 saturated carbocycles. The average Bonchev–Trinajstić information content (AvgIpc) is 3.11. The fourth-order valence-corrected chi connectivity index (χ4v) is 3.22. The van der Waals surface area contributed by atoms with E-state index in [-0.39, 0.29) is 17.9 Å². The van der Waals surface area contributed by atoms with Gasteiger partial charge in [-0.3, -0.25) is 4.79 Å². The van der Waals surface area contributed by atoms with Gasteiger partial charge in [-0.15, -0.1) is 0 Å². The molecule has 0 radical (unpaired) electrons. The van der Waals surface area contributed by atoms with Crippen molar-refractivity contribution in [1.82, 2.24) is 15.5 Å². The third kappa shape index (κ3) is 4.47. The Hall–Kier alpha value is -2.25. The van der Waals surface area contributed by atoms with Gasteiger partial charge in [0.05, 0.1) is 12.2 Å². The van der Waals surface area contributed by atoms with Gasteiger partial charge >= 0.3 is 0 Å². The summed E-state index contributed by atoms with van der Waals surface area (Å²) in [7, 11) is 1.56. The lowest BCUT2D eigenvalue weighted by Gasteiger charge is -2.31. The Bertz CT molecular complexity index is 729. The number of methoxy groups -OCH3 is 1. The minimum Gasteiger partial charge on any atom is -0.390 e. The summed E-state index contributed by atoms with van der Waals surface area (Å²) in [6.45, 7) is 2.46. The zero-order valence-electron chi connectivity index (χ0n) is 15.1. The van der Waals surface area contributed by atoms with Crippen LogP contribution in [0.4, 0.5) is 0 Å². The average molecular weight is 359 g/mol. The van der Waals surface area contributed by atoms with E-state index in [1.165, 1.54) is 5.56 Å². The monoisotopic (exact) mass is 359 g/mol. The minimum atomic E-state index is -0.484. The topological polar surface area (TPSA) is 97.5 Å². The first-order valence-electron chi connectivity index (χ1n) is 8.95. The zero-order chi connectivity index (χ0) is 18.5. The van der Waals surface area contributed by atoms with Crippen LogP contribution in [0.3, 0.4) is 0 Å². The van der Waals surface area contributed by atoms with Gasteiger partial charge in [-0.1, -0.05) is 35.0 Å². The van der Waals surface area contributed by atoms with Crippen LogP contribution in [-0.4, -0.2) is 47.0 Å². The smallest absolute Gasteiger partial charge is 0.228 e. The van der Waals surface area contributed by atoms with Gasteiger partial charge in [0.1, 0.15) is 0 Å². The molecule has 26 heavy (non-hydrogen) atoms. The first-order chi connectivity index (χ1) is 12.6. The molecular formula is C19H25N3O4. The largest absolute Gasteiger partial charge is 0.390 e. The summed E-state index contributed by atoms with van der Waals surface area (Å²) in [6.07, 6.45) is 1.52. The summed E-state index contributed by atoms with van der Waals surface area (Å²) in [4.78, 5) is 16.7. The number of aliphatic hydroxyl groups excluding tert-OH is 1.